The minimum atomic E-state index is -0.0686. The van der Waals surface area contributed by atoms with Crippen molar-refractivity contribution >= 4 is 45.9 Å². The summed E-state index contributed by atoms with van der Waals surface area (Å²) in [5.41, 5.74) is 5.24. The monoisotopic (exact) mass is 461 g/mol. The summed E-state index contributed by atoms with van der Waals surface area (Å²) >= 11 is 1.39. The molecule has 1 fully saturated rings. The number of aliphatic imine (C=N–C) groups is 1. The Morgan fingerprint density at radius 3 is 2.58 bits per heavy atom. The predicted octanol–water partition coefficient (Wildman–Crippen LogP) is 6.34. The van der Waals surface area contributed by atoms with E-state index in [0.717, 1.165) is 30.0 Å². The molecule has 1 saturated heterocycles. The fraction of sp³-hybridized carbons (Fsp3) is 0.333. The molecule has 0 aromatic heterocycles. The Bertz CT molecular complexity index is 1170. The van der Waals surface area contributed by atoms with Crippen LogP contribution >= 0.6 is 11.8 Å². The number of hydrogen-bond acceptors (Lipinski definition) is 5. The first-order chi connectivity index (χ1) is 15.7. The number of amides is 1. The Kier molecular flexibility index (Phi) is 6.39. The molecule has 2 aromatic rings. The van der Waals surface area contributed by atoms with Crippen LogP contribution in [0.1, 0.15) is 45.2 Å². The van der Waals surface area contributed by atoms with Crippen LogP contribution in [-0.4, -0.2) is 42.2 Å². The summed E-state index contributed by atoms with van der Waals surface area (Å²) in [7, 11) is 3.45. The predicted molar refractivity (Wildman–Crippen MR) is 140 cm³/mol. The summed E-state index contributed by atoms with van der Waals surface area (Å²) in [6, 6.07) is 13.9. The number of amidine groups is 1. The first-order valence-electron chi connectivity index (χ1n) is 11.3. The highest BCUT2D eigenvalue weighted by Crippen LogP contribution is 2.43. The van der Waals surface area contributed by atoms with Gasteiger partial charge in [0.1, 0.15) is 5.75 Å². The van der Waals surface area contributed by atoms with Crippen LogP contribution in [0.2, 0.25) is 0 Å². The number of benzene rings is 2. The maximum absolute atomic E-state index is 13.0. The Hall–Kier alpha value is -2.99. The molecule has 5 nitrogen and oxygen atoms in total. The summed E-state index contributed by atoms with van der Waals surface area (Å²) < 4.78 is 5.78. The van der Waals surface area contributed by atoms with E-state index >= 15 is 0 Å². The molecule has 172 valence electrons. The second-order valence-electron chi connectivity index (χ2n) is 8.95. The van der Waals surface area contributed by atoms with Crippen LogP contribution in [0.15, 0.2) is 58.4 Å². The van der Waals surface area contributed by atoms with E-state index in [-0.39, 0.29) is 11.4 Å². The largest absolute Gasteiger partial charge is 0.496 e. The first-order valence-corrected chi connectivity index (χ1v) is 12.1. The van der Waals surface area contributed by atoms with Crippen LogP contribution in [-0.2, 0) is 4.79 Å². The van der Waals surface area contributed by atoms with Crippen molar-refractivity contribution in [2.45, 2.75) is 39.7 Å². The van der Waals surface area contributed by atoms with Crippen LogP contribution < -0.4 is 9.64 Å². The Labute approximate surface area is 200 Å². The molecule has 33 heavy (non-hydrogen) atoms. The van der Waals surface area contributed by atoms with Crippen molar-refractivity contribution in [1.82, 2.24) is 4.90 Å². The number of likely N-dealkylation sites (N-methyl/N-ethyl adjacent to an activating group) is 1. The molecule has 6 heteroatoms. The normalized spacial score (nSPS) is 19.8. The number of ether oxygens (including phenoxy) is 1. The first kappa shape index (κ1) is 23.2. The second kappa shape index (κ2) is 9.10. The zero-order valence-corrected chi connectivity index (χ0v) is 21.0. The number of methoxy groups -OCH3 is 1. The number of para-hydroxylation sites is 1. The van der Waals surface area contributed by atoms with Gasteiger partial charge in [0.2, 0.25) is 0 Å². The van der Waals surface area contributed by atoms with Crippen molar-refractivity contribution in [3.63, 3.8) is 0 Å². The zero-order valence-electron chi connectivity index (χ0n) is 20.2. The van der Waals surface area contributed by atoms with Gasteiger partial charge in [-0.1, -0.05) is 31.2 Å². The molecule has 0 aliphatic carbocycles. The van der Waals surface area contributed by atoms with Crippen molar-refractivity contribution in [2.75, 3.05) is 25.6 Å². The SMILES string of the molecule is CCCN1c2cc(OC)c(/C=C3/SC(=Nc4ccccc4)N(C)C3=O)cc2C(C)=CC1(C)C. The van der Waals surface area contributed by atoms with E-state index in [9.17, 15) is 4.79 Å². The highest BCUT2D eigenvalue weighted by atomic mass is 32.2. The van der Waals surface area contributed by atoms with Gasteiger partial charge in [0.25, 0.3) is 5.91 Å². The van der Waals surface area contributed by atoms with Crippen molar-refractivity contribution in [1.29, 1.82) is 0 Å². The van der Waals surface area contributed by atoms with Crippen molar-refractivity contribution in [3.8, 4) is 5.75 Å². The van der Waals surface area contributed by atoms with E-state index in [1.54, 1.807) is 19.1 Å². The molecule has 0 saturated carbocycles. The minimum Gasteiger partial charge on any atom is -0.496 e. The molecule has 0 N–H and O–H groups in total. The molecule has 2 heterocycles. The fourth-order valence-electron chi connectivity index (χ4n) is 4.45. The van der Waals surface area contributed by atoms with Gasteiger partial charge in [-0.2, -0.15) is 0 Å². The maximum atomic E-state index is 13.0. The quantitative estimate of drug-likeness (QED) is 0.487. The number of rotatable bonds is 5. The van der Waals surface area contributed by atoms with Gasteiger partial charge in [0, 0.05) is 36.5 Å². The number of allylic oxidation sites excluding steroid dienone is 1. The number of carbonyl (C=O) groups is 1. The van der Waals surface area contributed by atoms with Gasteiger partial charge in [0.15, 0.2) is 5.17 Å². The standard InChI is InChI=1S/C27H31N3O2S/c1-7-13-30-22-16-23(32-6)19(14-21(22)18(2)17-27(30,3)4)15-24-25(31)29(5)26(33-24)28-20-11-9-8-10-12-20/h8-12,14-17H,7,13H2,1-6H3/b24-15+,28-26?. The van der Waals surface area contributed by atoms with Crippen LogP contribution in [0.5, 0.6) is 5.75 Å². The summed E-state index contributed by atoms with van der Waals surface area (Å²) in [6.07, 6.45) is 5.31. The average molecular weight is 462 g/mol. The number of carbonyl (C=O) groups excluding carboxylic acids is 1. The number of nitrogens with zero attached hydrogens (tertiary/aromatic N) is 3. The number of thioether (sulfide) groups is 1. The van der Waals surface area contributed by atoms with Crippen molar-refractivity contribution in [3.05, 3.63) is 64.6 Å². The van der Waals surface area contributed by atoms with Gasteiger partial charge in [-0.05, 0) is 68.8 Å². The lowest BCUT2D eigenvalue weighted by Gasteiger charge is -2.43. The molecular weight excluding hydrogens is 430 g/mol. The Morgan fingerprint density at radius 1 is 1.18 bits per heavy atom. The third kappa shape index (κ3) is 4.44. The molecule has 0 atom stereocenters. The van der Waals surface area contributed by atoms with Gasteiger partial charge in [-0.3, -0.25) is 9.69 Å². The topological polar surface area (TPSA) is 45.1 Å². The van der Waals surface area contributed by atoms with Crippen LogP contribution in [0, 0.1) is 0 Å². The summed E-state index contributed by atoms with van der Waals surface area (Å²) in [5, 5.41) is 0.668. The van der Waals surface area contributed by atoms with E-state index < -0.39 is 0 Å². The summed E-state index contributed by atoms with van der Waals surface area (Å²) in [5.74, 6) is 0.702. The number of anilines is 1. The number of hydrogen-bond donors (Lipinski definition) is 0. The second-order valence-corrected chi connectivity index (χ2v) is 9.96. The lowest BCUT2D eigenvalue weighted by Crippen LogP contribution is -2.45. The smallest absolute Gasteiger partial charge is 0.266 e. The average Bonchev–Trinajstić information content (AvgIpc) is 3.04. The van der Waals surface area contributed by atoms with E-state index in [4.69, 9.17) is 4.74 Å². The molecule has 0 radical (unpaired) electrons. The lowest BCUT2D eigenvalue weighted by atomic mass is 9.87. The maximum Gasteiger partial charge on any atom is 0.266 e. The van der Waals surface area contributed by atoms with Gasteiger partial charge >= 0.3 is 0 Å². The minimum absolute atomic E-state index is 0.0598. The highest BCUT2D eigenvalue weighted by Gasteiger charge is 2.33. The lowest BCUT2D eigenvalue weighted by molar-refractivity contribution is -0.121. The molecule has 1 amide bonds. The molecular formula is C27H31N3O2S. The molecule has 0 bridgehead atoms. The molecule has 2 aliphatic heterocycles. The van der Waals surface area contributed by atoms with Gasteiger partial charge in [-0.15, -0.1) is 0 Å². The van der Waals surface area contributed by atoms with Gasteiger partial charge in [-0.25, -0.2) is 4.99 Å². The molecule has 2 aromatic carbocycles. The molecule has 4 rings (SSSR count). The van der Waals surface area contributed by atoms with Gasteiger partial charge < -0.3 is 9.64 Å². The van der Waals surface area contributed by atoms with Crippen LogP contribution in [0.4, 0.5) is 11.4 Å². The van der Waals surface area contributed by atoms with E-state index in [0.29, 0.717) is 10.1 Å². The molecule has 0 unspecified atom stereocenters. The van der Waals surface area contributed by atoms with Crippen LogP contribution in [0.3, 0.4) is 0 Å². The molecule has 0 spiro atoms. The zero-order chi connectivity index (χ0) is 23.8. The summed E-state index contributed by atoms with van der Waals surface area (Å²) in [6.45, 7) is 9.81. The summed E-state index contributed by atoms with van der Waals surface area (Å²) in [4.78, 5) is 22.3. The third-order valence-electron chi connectivity index (χ3n) is 6.05. The van der Waals surface area contributed by atoms with Crippen molar-refractivity contribution < 1.29 is 9.53 Å². The third-order valence-corrected chi connectivity index (χ3v) is 7.11. The van der Waals surface area contributed by atoms with E-state index in [1.165, 1.54) is 28.6 Å². The van der Waals surface area contributed by atoms with Gasteiger partial charge in [0.05, 0.1) is 23.2 Å². The van der Waals surface area contributed by atoms with Crippen molar-refractivity contribution in [2.24, 2.45) is 4.99 Å². The fourth-order valence-corrected chi connectivity index (χ4v) is 5.43. The van der Waals surface area contributed by atoms with Crippen LogP contribution in [0.25, 0.3) is 11.6 Å². The highest BCUT2D eigenvalue weighted by molar-refractivity contribution is 8.18. The Balaban J connectivity index is 1.75. The Morgan fingerprint density at radius 2 is 1.91 bits per heavy atom. The molecule has 2 aliphatic rings. The van der Waals surface area contributed by atoms with E-state index in [2.05, 4.69) is 55.8 Å². The number of fused-ring (bicyclic) bond motifs is 1. The van der Waals surface area contributed by atoms with E-state index in [1.807, 2.05) is 36.4 Å².